The smallest absolute Gasteiger partial charge is 0.236 e. The molecule has 1 aliphatic rings. The van der Waals surface area contributed by atoms with Crippen LogP contribution in [0.1, 0.15) is 18.5 Å². The molecule has 2 aromatic heterocycles. The molecule has 1 amide bonds. The number of thiazole rings is 1. The Balaban J connectivity index is 1.48. The molecular weight excluding hydrogens is 410 g/mol. The molecule has 0 bridgehead atoms. The minimum Gasteiger partial charge on any atom is -0.395 e. The van der Waals surface area contributed by atoms with Crippen LogP contribution in [0.25, 0.3) is 10.4 Å². The zero-order valence-electron chi connectivity index (χ0n) is 17.5. The van der Waals surface area contributed by atoms with Gasteiger partial charge in [0.1, 0.15) is 5.82 Å². The van der Waals surface area contributed by atoms with Gasteiger partial charge in [0, 0.05) is 24.7 Å². The maximum absolute atomic E-state index is 12.2. The number of aliphatic hydroxyl groups excluding tert-OH is 1. The molecule has 31 heavy (non-hydrogen) atoms. The average molecular weight is 438 g/mol. The molecule has 3 heterocycles. The molecule has 0 saturated carbocycles. The number of rotatable bonds is 7. The number of benzene rings is 1. The second-order valence-electron chi connectivity index (χ2n) is 7.78. The van der Waals surface area contributed by atoms with Crippen molar-refractivity contribution in [3.05, 3.63) is 60.4 Å². The highest BCUT2D eigenvalue weighted by molar-refractivity contribution is 7.18. The van der Waals surface area contributed by atoms with Gasteiger partial charge < -0.3 is 20.6 Å². The summed E-state index contributed by atoms with van der Waals surface area (Å²) < 4.78 is 0. The van der Waals surface area contributed by atoms with Crippen molar-refractivity contribution in [3.8, 4) is 10.4 Å². The maximum atomic E-state index is 12.2. The summed E-state index contributed by atoms with van der Waals surface area (Å²) in [4.78, 5) is 24.4. The summed E-state index contributed by atoms with van der Waals surface area (Å²) in [6, 6.07) is 16.0. The quantitative estimate of drug-likeness (QED) is 0.526. The molecule has 1 saturated heterocycles. The number of piperidine rings is 1. The fourth-order valence-corrected chi connectivity index (χ4v) is 4.75. The van der Waals surface area contributed by atoms with Crippen LogP contribution in [-0.2, 0) is 10.2 Å². The van der Waals surface area contributed by atoms with Crippen molar-refractivity contribution in [1.29, 1.82) is 0 Å². The lowest BCUT2D eigenvalue weighted by Crippen LogP contribution is -2.49. The van der Waals surface area contributed by atoms with Crippen LogP contribution in [0.5, 0.6) is 0 Å². The van der Waals surface area contributed by atoms with E-state index in [4.69, 9.17) is 4.98 Å². The van der Waals surface area contributed by atoms with Crippen LogP contribution in [-0.4, -0.2) is 59.2 Å². The number of amides is 1. The molecule has 3 N–H and O–H groups in total. The summed E-state index contributed by atoms with van der Waals surface area (Å²) in [6.07, 6.45) is 3.23. The van der Waals surface area contributed by atoms with Crippen LogP contribution in [0.3, 0.4) is 0 Å². The van der Waals surface area contributed by atoms with Gasteiger partial charge >= 0.3 is 0 Å². The molecule has 162 valence electrons. The summed E-state index contributed by atoms with van der Waals surface area (Å²) in [5, 5.41) is 17.2. The number of hydrogen-bond donors (Lipinski definition) is 3. The van der Waals surface area contributed by atoms with Crippen molar-refractivity contribution in [1.82, 2.24) is 20.2 Å². The number of carbonyl (C=O) groups is 1. The molecule has 1 aliphatic heterocycles. The van der Waals surface area contributed by atoms with E-state index in [0.29, 0.717) is 38.3 Å². The molecule has 3 aromatic rings. The Hall–Kier alpha value is -2.81. The standard InChI is InChI=1S/C23H27N5O2S/c1-24-15-21(30)28-12-10-23(16-29,11-13-28)19-8-5-9-20(26-19)27-22-25-14-18(31-22)17-6-3-2-4-7-17/h2-9,14,24,29H,10-13,15-16H2,1H3,(H,25,26,27). The van der Waals surface area contributed by atoms with Crippen LogP contribution in [0, 0.1) is 0 Å². The Morgan fingerprint density at radius 2 is 1.94 bits per heavy atom. The Bertz CT molecular complexity index is 1020. The van der Waals surface area contributed by atoms with Gasteiger partial charge in [0.05, 0.1) is 23.7 Å². The van der Waals surface area contributed by atoms with E-state index in [1.807, 2.05) is 47.5 Å². The van der Waals surface area contributed by atoms with Crippen LogP contribution >= 0.6 is 11.3 Å². The van der Waals surface area contributed by atoms with Crippen molar-refractivity contribution < 1.29 is 9.90 Å². The number of pyridine rings is 1. The Morgan fingerprint density at radius 3 is 2.65 bits per heavy atom. The molecule has 1 aromatic carbocycles. The minimum absolute atomic E-state index is 0.00686. The minimum atomic E-state index is -0.438. The summed E-state index contributed by atoms with van der Waals surface area (Å²) in [5.74, 6) is 0.795. The third-order valence-corrected chi connectivity index (χ3v) is 6.76. The monoisotopic (exact) mass is 437 g/mol. The van der Waals surface area contributed by atoms with E-state index >= 15 is 0 Å². The topological polar surface area (TPSA) is 90.4 Å². The fraction of sp³-hybridized carbons (Fsp3) is 0.348. The van der Waals surface area contributed by atoms with Crippen LogP contribution < -0.4 is 10.6 Å². The molecule has 0 spiro atoms. The highest BCUT2D eigenvalue weighted by Crippen LogP contribution is 2.35. The Morgan fingerprint density at radius 1 is 1.16 bits per heavy atom. The molecule has 0 atom stereocenters. The van der Waals surface area contributed by atoms with Crippen molar-refractivity contribution in [2.75, 3.05) is 38.6 Å². The first kappa shape index (κ1) is 21.4. The number of hydrogen-bond acceptors (Lipinski definition) is 7. The maximum Gasteiger partial charge on any atom is 0.236 e. The molecule has 0 radical (unpaired) electrons. The second-order valence-corrected chi connectivity index (χ2v) is 8.81. The largest absolute Gasteiger partial charge is 0.395 e. The summed E-state index contributed by atoms with van der Waals surface area (Å²) in [6.45, 7) is 1.58. The third-order valence-electron chi connectivity index (χ3n) is 5.80. The summed E-state index contributed by atoms with van der Waals surface area (Å²) >= 11 is 1.57. The number of aromatic nitrogens is 2. The van der Waals surface area contributed by atoms with Gasteiger partial charge in [0.2, 0.25) is 5.91 Å². The number of nitrogens with one attached hydrogen (secondary N) is 2. The highest BCUT2D eigenvalue weighted by Gasteiger charge is 2.38. The van der Waals surface area contributed by atoms with Gasteiger partial charge in [-0.05, 0) is 37.6 Å². The van der Waals surface area contributed by atoms with Crippen LogP contribution in [0.2, 0.25) is 0 Å². The molecular formula is C23H27N5O2S. The summed E-state index contributed by atoms with van der Waals surface area (Å²) in [5.41, 5.74) is 1.54. The van der Waals surface area contributed by atoms with E-state index < -0.39 is 5.41 Å². The highest BCUT2D eigenvalue weighted by atomic mass is 32.1. The number of nitrogens with zero attached hydrogens (tertiary/aromatic N) is 3. The van der Waals surface area contributed by atoms with Crippen molar-refractivity contribution >= 4 is 28.2 Å². The van der Waals surface area contributed by atoms with Crippen LogP contribution in [0.4, 0.5) is 10.9 Å². The van der Waals surface area contributed by atoms with E-state index in [1.165, 1.54) is 0 Å². The third kappa shape index (κ3) is 4.76. The number of aliphatic hydroxyl groups is 1. The Labute approximate surface area is 186 Å². The van der Waals surface area contributed by atoms with Crippen molar-refractivity contribution in [3.63, 3.8) is 0 Å². The van der Waals surface area contributed by atoms with Gasteiger partial charge in [0.15, 0.2) is 5.13 Å². The zero-order chi connectivity index (χ0) is 21.7. The fourth-order valence-electron chi connectivity index (χ4n) is 3.92. The predicted molar refractivity (Wildman–Crippen MR) is 124 cm³/mol. The lowest BCUT2D eigenvalue weighted by Gasteiger charge is -2.40. The van der Waals surface area contributed by atoms with Gasteiger partial charge in [-0.25, -0.2) is 9.97 Å². The molecule has 4 rings (SSSR count). The van der Waals surface area contributed by atoms with Gasteiger partial charge in [-0.1, -0.05) is 47.7 Å². The molecule has 0 aliphatic carbocycles. The first-order chi connectivity index (χ1) is 15.1. The van der Waals surface area contributed by atoms with E-state index in [1.54, 1.807) is 18.4 Å². The van der Waals surface area contributed by atoms with Crippen LogP contribution in [0.15, 0.2) is 54.7 Å². The number of carbonyl (C=O) groups excluding carboxylic acids is 1. The van der Waals surface area contributed by atoms with Gasteiger partial charge in [-0.3, -0.25) is 4.79 Å². The first-order valence-electron chi connectivity index (χ1n) is 10.4. The SMILES string of the molecule is CNCC(=O)N1CCC(CO)(c2cccc(Nc3ncc(-c4ccccc4)s3)n2)CC1. The lowest BCUT2D eigenvalue weighted by atomic mass is 9.76. The normalized spacial score (nSPS) is 15.6. The molecule has 7 nitrogen and oxygen atoms in total. The lowest BCUT2D eigenvalue weighted by molar-refractivity contribution is -0.132. The average Bonchev–Trinajstić information content (AvgIpc) is 3.28. The predicted octanol–water partition coefficient (Wildman–Crippen LogP) is 3.02. The van der Waals surface area contributed by atoms with E-state index in [2.05, 4.69) is 27.8 Å². The zero-order valence-corrected chi connectivity index (χ0v) is 18.4. The van der Waals surface area contributed by atoms with Crippen molar-refractivity contribution in [2.24, 2.45) is 0 Å². The second kappa shape index (κ2) is 9.55. The Kier molecular flexibility index (Phi) is 6.60. The number of likely N-dealkylation sites (tertiary alicyclic amines) is 1. The van der Waals surface area contributed by atoms with E-state index in [-0.39, 0.29) is 12.5 Å². The number of likely N-dealkylation sites (N-methyl/N-ethyl adjacent to an activating group) is 1. The molecule has 1 fully saturated rings. The first-order valence-corrected chi connectivity index (χ1v) is 11.2. The molecule has 0 unspecified atom stereocenters. The number of anilines is 2. The van der Waals surface area contributed by atoms with Gasteiger partial charge in [0.25, 0.3) is 0 Å². The van der Waals surface area contributed by atoms with Gasteiger partial charge in [-0.2, -0.15) is 0 Å². The van der Waals surface area contributed by atoms with E-state index in [0.717, 1.165) is 21.3 Å². The summed E-state index contributed by atoms with van der Waals surface area (Å²) in [7, 11) is 1.77. The van der Waals surface area contributed by atoms with Gasteiger partial charge in [-0.15, -0.1) is 0 Å². The van der Waals surface area contributed by atoms with E-state index in [9.17, 15) is 9.90 Å². The molecule has 8 heteroatoms. The van der Waals surface area contributed by atoms with Crippen molar-refractivity contribution in [2.45, 2.75) is 18.3 Å².